The molecule has 0 bridgehead atoms. The molecule has 0 saturated heterocycles. The molecule has 0 aliphatic heterocycles. The van der Waals surface area contributed by atoms with Crippen LogP contribution in [0.2, 0.25) is 0 Å². The standard InChI is InChI=1S/C12H13NO3/c1-13-10(4-3-9-14)5-6-11(13)7-8-12(15)16-2/h3-9H,1-2H3/b4-3+,8-7+. The third kappa shape index (κ3) is 2.95. The van der Waals surface area contributed by atoms with Crippen molar-refractivity contribution in [2.45, 2.75) is 0 Å². The Kier molecular flexibility index (Phi) is 4.27. The minimum Gasteiger partial charge on any atom is -0.466 e. The van der Waals surface area contributed by atoms with Crippen LogP contribution >= 0.6 is 0 Å². The number of aromatic nitrogens is 1. The molecule has 16 heavy (non-hydrogen) atoms. The van der Waals surface area contributed by atoms with Crippen molar-refractivity contribution in [1.29, 1.82) is 0 Å². The van der Waals surface area contributed by atoms with Crippen molar-refractivity contribution in [3.8, 4) is 0 Å². The molecular formula is C12H13NO3. The van der Waals surface area contributed by atoms with Gasteiger partial charge in [-0.2, -0.15) is 0 Å². The molecule has 0 atom stereocenters. The van der Waals surface area contributed by atoms with Crippen LogP contribution in [-0.4, -0.2) is 23.9 Å². The molecule has 0 unspecified atom stereocenters. The number of allylic oxidation sites excluding steroid dienone is 1. The molecule has 0 N–H and O–H groups in total. The van der Waals surface area contributed by atoms with Gasteiger partial charge in [0.05, 0.1) is 7.11 Å². The highest BCUT2D eigenvalue weighted by molar-refractivity contribution is 5.86. The molecule has 0 aliphatic carbocycles. The number of aldehydes is 1. The van der Waals surface area contributed by atoms with E-state index in [1.165, 1.54) is 19.3 Å². The lowest BCUT2D eigenvalue weighted by Gasteiger charge is -2.00. The van der Waals surface area contributed by atoms with Gasteiger partial charge in [-0.3, -0.25) is 4.79 Å². The third-order valence-electron chi connectivity index (χ3n) is 2.14. The van der Waals surface area contributed by atoms with Crippen LogP contribution < -0.4 is 0 Å². The molecule has 0 aliphatic rings. The Labute approximate surface area is 93.8 Å². The average molecular weight is 219 g/mol. The number of rotatable bonds is 4. The molecular weight excluding hydrogens is 206 g/mol. The number of carbonyl (C=O) groups excluding carboxylic acids is 2. The van der Waals surface area contributed by atoms with Gasteiger partial charge in [0.1, 0.15) is 6.29 Å². The summed E-state index contributed by atoms with van der Waals surface area (Å²) in [5.74, 6) is -0.397. The smallest absolute Gasteiger partial charge is 0.330 e. The first-order valence-corrected chi connectivity index (χ1v) is 4.72. The Balaban J connectivity index is 2.87. The highest BCUT2D eigenvalue weighted by Crippen LogP contribution is 2.10. The number of hydrogen-bond acceptors (Lipinski definition) is 3. The third-order valence-corrected chi connectivity index (χ3v) is 2.14. The molecule has 4 heteroatoms. The van der Waals surface area contributed by atoms with E-state index in [0.717, 1.165) is 17.7 Å². The van der Waals surface area contributed by atoms with Gasteiger partial charge in [-0.05, 0) is 30.4 Å². The predicted octanol–water partition coefficient (Wildman–Crippen LogP) is 1.42. The summed E-state index contributed by atoms with van der Waals surface area (Å²) in [5.41, 5.74) is 1.74. The van der Waals surface area contributed by atoms with Crippen LogP contribution in [0.3, 0.4) is 0 Å². The van der Waals surface area contributed by atoms with Gasteiger partial charge in [-0.25, -0.2) is 4.79 Å². The van der Waals surface area contributed by atoms with Gasteiger partial charge in [-0.1, -0.05) is 0 Å². The van der Waals surface area contributed by atoms with Crippen molar-refractivity contribution in [3.05, 3.63) is 35.7 Å². The SMILES string of the molecule is COC(=O)/C=C/c1ccc(/C=C/C=O)n1C. The van der Waals surface area contributed by atoms with Gasteiger partial charge in [0.15, 0.2) is 0 Å². The Morgan fingerprint density at radius 3 is 2.50 bits per heavy atom. The minimum absolute atomic E-state index is 0.397. The van der Waals surface area contributed by atoms with Crippen molar-refractivity contribution >= 4 is 24.4 Å². The maximum atomic E-state index is 10.9. The van der Waals surface area contributed by atoms with E-state index in [2.05, 4.69) is 4.74 Å². The zero-order chi connectivity index (χ0) is 12.0. The van der Waals surface area contributed by atoms with Gasteiger partial charge < -0.3 is 9.30 Å². The summed E-state index contributed by atoms with van der Waals surface area (Å²) in [6.45, 7) is 0. The van der Waals surface area contributed by atoms with Gasteiger partial charge in [0.2, 0.25) is 0 Å². The second-order valence-electron chi connectivity index (χ2n) is 3.09. The van der Waals surface area contributed by atoms with E-state index in [0.29, 0.717) is 0 Å². The molecule has 0 fully saturated rings. The van der Waals surface area contributed by atoms with Crippen LogP contribution in [0.25, 0.3) is 12.2 Å². The molecule has 1 aromatic heterocycles. The molecule has 0 radical (unpaired) electrons. The predicted molar refractivity (Wildman–Crippen MR) is 61.6 cm³/mol. The summed E-state index contributed by atoms with van der Waals surface area (Å²) in [6, 6.07) is 3.71. The van der Waals surface area contributed by atoms with Crippen LogP contribution in [0, 0.1) is 0 Å². The van der Waals surface area contributed by atoms with Crippen molar-refractivity contribution in [2.75, 3.05) is 7.11 Å². The van der Waals surface area contributed by atoms with E-state index in [-0.39, 0.29) is 0 Å². The molecule has 0 aromatic carbocycles. The number of hydrogen-bond donors (Lipinski definition) is 0. The Bertz CT molecular complexity index is 441. The van der Waals surface area contributed by atoms with Crippen molar-refractivity contribution in [3.63, 3.8) is 0 Å². The first-order valence-electron chi connectivity index (χ1n) is 4.72. The first-order chi connectivity index (χ1) is 7.69. The molecule has 1 heterocycles. The van der Waals surface area contributed by atoms with E-state index in [1.54, 1.807) is 12.2 Å². The van der Waals surface area contributed by atoms with Crippen LogP contribution in [0.5, 0.6) is 0 Å². The van der Waals surface area contributed by atoms with E-state index >= 15 is 0 Å². The maximum Gasteiger partial charge on any atom is 0.330 e. The first kappa shape index (κ1) is 12.0. The zero-order valence-electron chi connectivity index (χ0n) is 9.21. The fraction of sp³-hybridized carbons (Fsp3) is 0.167. The van der Waals surface area contributed by atoms with E-state index < -0.39 is 5.97 Å². The van der Waals surface area contributed by atoms with Crippen molar-refractivity contribution in [1.82, 2.24) is 4.57 Å². The number of nitrogens with zero attached hydrogens (tertiary/aromatic N) is 1. The van der Waals surface area contributed by atoms with E-state index in [9.17, 15) is 9.59 Å². The second kappa shape index (κ2) is 5.70. The van der Waals surface area contributed by atoms with Gasteiger partial charge in [-0.15, -0.1) is 0 Å². The number of methoxy groups -OCH3 is 1. The van der Waals surface area contributed by atoms with Crippen LogP contribution in [-0.2, 0) is 21.4 Å². The van der Waals surface area contributed by atoms with Crippen LogP contribution in [0.4, 0.5) is 0 Å². The molecule has 0 amide bonds. The Morgan fingerprint density at radius 1 is 1.31 bits per heavy atom. The molecule has 0 saturated carbocycles. The quantitative estimate of drug-likeness (QED) is 0.437. The normalized spacial score (nSPS) is 11.1. The van der Waals surface area contributed by atoms with Gasteiger partial charge in [0, 0.05) is 24.5 Å². The summed E-state index contributed by atoms with van der Waals surface area (Å²) in [6.07, 6.45) is 6.84. The summed E-state index contributed by atoms with van der Waals surface area (Å²) in [5, 5.41) is 0. The van der Waals surface area contributed by atoms with Crippen molar-refractivity contribution < 1.29 is 14.3 Å². The van der Waals surface area contributed by atoms with Crippen LogP contribution in [0.1, 0.15) is 11.4 Å². The lowest BCUT2D eigenvalue weighted by atomic mass is 10.4. The topological polar surface area (TPSA) is 48.3 Å². The average Bonchev–Trinajstić information content (AvgIpc) is 2.64. The fourth-order valence-corrected chi connectivity index (χ4v) is 1.24. The summed E-state index contributed by atoms with van der Waals surface area (Å²) in [7, 11) is 3.18. The Hall–Kier alpha value is -2.10. The second-order valence-corrected chi connectivity index (χ2v) is 3.09. The molecule has 0 spiro atoms. The largest absolute Gasteiger partial charge is 0.466 e. The minimum atomic E-state index is -0.397. The molecule has 84 valence electrons. The number of ether oxygens (including phenoxy) is 1. The highest BCUT2D eigenvalue weighted by atomic mass is 16.5. The summed E-state index contributed by atoms with van der Waals surface area (Å²) < 4.78 is 6.35. The summed E-state index contributed by atoms with van der Waals surface area (Å²) >= 11 is 0. The monoisotopic (exact) mass is 219 g/mol. The Morgan fingerprint density at radius 2 is 1.94 bits per heavy atom. The lowest BCUT2D eigenvalue weighted by Crippen LogP contribution is -1.96. The number of carbonyl (C=O) groups is 2. The fourth-order valence-electron chi connectivity index (χ4n) is 1.24. The number of esters is 1. The van der Waals surface area contributed by atoms with Gasteiger partial charge >= 0.3 is 5.97 Å². The zero-order valence-corrected chi connectivity index (χ0v) is 9.21. The molecule has 1 aromatic rings. The van der Waals surface area contributed by atoms with Crippen LogP contribution in [0.15, 0.2) is 24.3 Å². The highest BCUT2D eigenvalue weighted by Gasteiger charge is 1.99. The lowest BCUT2D eigenvalue weighted by molar-refractivity contribution is -0.134. The molecule has 1 rings (SSSR count). The maximum absolute atomic E-state index is 10.9. The van der Waals surface area contributed by atoms with Crippen molar-refractivity contribution in [2.24, 2.45) is 7.05 Å². The summed E-state index contributed by atoms with van der Waals surface area (Å²) in [4.78, 5) is 21.1. The molecule has 4 nitrogen and oxygen atoms in total. The van der Waals surface area contributed by atoms with Gasteiger partial charge in [0.25, 0.3) is 0 Å². The van der Waals surface area contributed by atoms with E-state index in [1.807, 2.05) is 23.7 Å². The van der Waals surface area contributed by atoms with E-state index in [4.69, 9.17) is 0 Å².